The molecule has 0 saturated heterocycles. The first-order valence-electron chi connectivity index (χ1n) is 4.16. The fourth-order valence-corrected chi connectivity index (χ4v) is 1.43. The van der Waals surface area contributed by atoms with Gasteiger partial charge < -0.3 is 0 Å². The number of hydrogen-bond donors (Lipinski definition) is 0. The molecule has 9 heteroatoms. The van der Waals surface area contributed by atoms with Gasteiger partial charge in [0.15, 0.2) is 5.69 Å². The lowest BCUT2D eigenvalue weighted by molar-refractivity contribution is -0.384. The van der Waals surface area contributed by atoms with Gasteiger partial charge >= 0.3 is 0 Å². The van der Waals surface area contributed by atoms with Crippen molar-refractivity contribution in [2.75, 3.05) is 5.01 Å². The SMILES string of the molecule is CC(=O)N(N=O)c1cc(Cl)c(Cl)cc1[N+](=O)[O-]. The maximum atomic E-state index is 11.1. The van der Waals surface area contributed by atoms with Crippen LogP contribution in [0.2, 0.25) is 10.0 Å². The Labute approximate surface area is 105 Å². The van der Waals surface area contributed by atoms with Crippen LogP contribution in [0.3, 0.4) is 0 Å². The fraction of sp³-hybridized carbons (Fsp3) is 0.125. The highest BCUT2D eigenvalue weighted by Gasteiger charge is 2.25. The Morgan fingerprint density at radius 1 is 1.41 bits per heavy atom. The molecular weight excluding hydrogens is 273 g/mol. The molecule has 7 nitrogen and oxygen atoms in total. The van der Waals surface area contributed by atoms with Gasteiger partial charge in [-0.3, -0.25) is 14.9 Å². The third-order valence-electron chi connectivity index (χ3n) is 1.82. The molecule has 0 N–H and O–H groups in total. The molecule has 1 aromatic rings. The first kappa shape index (κ1) is 13.3. The van der Waals surface area contributed by atoms with E-state index in [0.29, 0.717) is 5.01 Å². The number of anilines is 1. The number of nitroso groups, excluding NO2 is 1. The van der Waals surface area contributed by atoms with E-state index in [1.54, 1.807) is 0 Å². The Balaban J connectivity index is 3.49. The van der Waals surface area contributed by atoms with Crippen molar-refractivity contribution in [3.8, 4) is 0 Å². The van der Waals surface area contributed by atoms with Crippen molar-refractivity contribution in [2.24, 2.45) is 5.29 Å². The second-order valence-corrected chi connectivity index (χ2v) is 3.74. The van der Waals surface area contributed by atoms with Gasteiger partial charge in [0.05, 0.1) is 20.3 Å². The monoisotopic (exact) mass is 277 g/mol. The molecule has 1 aromatic carbocycles. The number of nitro benzene ring substituents is 1. The van der Waals surface area contributed by atoms with E-state index >= 15 is 0 Å². The van der Waals surface area contributed by atoms with E-state index in [2.05, 4.69) is 5.29 Å². The normalized spacial score (nSPS) is 9.82. The number of hydrogen-bond acceptors (Lipinski definition) is 5. The summed E-state index contributed by atoms with van der Waals surface area (Å²) in [6, 6.07) is 1.98. The number of benzene rings is 1. The molecule has 0 saturated carbocycles. The molecule has 17 heavy (non-hydrogen) atoms. The Morgan fingerprint density at radius 3 is 2.35 bits per heavy atom. The van der Waals surface area contributed by atoms with Crippen molar-refractivity contribution in [1.29, 1.82) is 0 Å². The second-order valence-electron chi connectivity index (χ2n) is 2.92. The predicted molar refractivity (Wildman–Crippen MR) is 62.1 cm³/mol. The standard InChI is InChI=1S/C8H5Cl2N3O4/c1-4(14)12(11-15)7-2-5(9)6(10)3-8(7)13(16)17/h2-3H,1H3. The zero-order valence-corrected chi connectivity index (χ0v) is 9.90. The molecule has 0 atom stereocenters. The maximum Gasteiger partial charge on any atom is 0.296 e. The van der Waals surface area contributed by atoms with Gasteiger partial charge in [0, 0.05) is 13.0 Å². The number of carbonyl (C=O) groups is 1. The molecule has 0 aliphatic heterocycles. The summed E-state index contributed by atoms with van der Waals surface area (Å²) in [5.74, 6) is -0.776. The minimum atomic E-state index is -0.793. The average molecular weight is 278 g/mol. The number of carbonyl (C=O) groups excluding carboxylic acids is 1. The van der Waals surface area contributed by atoms with E-state index in [0.717, 1.165) is 19.1 Å². The number of rotatable bonds is 3. The Hall–Kier alpha value is -1.73. The highest BCUT2D eigenvalue weighted by Crippen LogP contribution is 2.36. The summed E-state index contributed by atoms with van der Waals surface area (Å²) < 4.78 is 0. The zero-order valence-electron chi connectivity index (χ0n) is 8.39. The van der Waals surface area contributed by atoms with E-state index in [9.17, 15) is 19.8 Å². The second kappa shape index (κ2) is 5.07. The minimum Gasteiger partial charge on any atom is -0.273 e. The highest BCUT2D eigenvalue weighted by molar-refractivity contribution is 6.42. The van der Waals surface area contributed by atoms with Crippen molar-refractivity contribution in [3.63, 3.8) is 0 Å². The molecule has 0 radical (unpaired) electrons. The largest absolute Gasteiger partial charge is 0.296 e. The molecule has 1 rings (SSSR count). The number of nitro groups is 1. The molecule has 0 heterocycles. The minimum absolute atomic E-state index is 0.0258. The van der Waals surface area contributed by atoms with Crippen molar-refractivity contribution in [1.82, 2.24) is 0 Å². The Bertz CT molecular complexity index is 506. The number of amides is 1. The summed E-state index contributed by atoms with van der Waals surface area (Å²) in [6.45, 7) is 1.04. The van der Waals surface area contributed by atoms with E-state index in [1.165, 1.54) is 0 Å². The fourth-order valence-electron chi connectivity index (χ4n) is 1.11. The Kier molecular flexibility index (Phi) is 3.97. The van der Waals surface area contributed by atoms with Gasteiger partial charge in [-0.25, -0.2) is 0 Å². The van der Waals surface area contributed by atoms with E-state index in [-0.39, 0.29) is 15.7 Å². The molecule has 1 amide bonds. The van der Waals surface area contributed by atoms with Gasteiger partial charge in [-0.1, -0.05) is 23.2 Å². The van der Waals surface area contributed by atoms with Crippen LogP contribution in [-0.4, -0.2) is 10.8 Å². The van der Waals surface area contributed by atoms with E-state index < -0.39 is 16.5 Å². The van der Waals surface area contributed by atoms with Crippen LogP contribution in [0.1, 0.15) is 6.92 Å². The van der Waals surface area contributed by atoms with Crippen LogP contribution in [0.5, 0.6) is 0 Å². The number of halogens is 2. The van der Waals surface area contributed by atoms with Crippen molar-refractivity contribution in [3.05, 3.63) is 37.2 Å². The van der Waals surface area contributed by atoms with Crippen LogP contribution in [0, 0.1) is 15.0 Å². The lowest BCUT2D eigenvalue weighted by Crippen LogP contribution is -2.22. The van der Waals surface area contributed by atoms with Crippen LogP contribution >= 0.6 is 23.2 Å². The van der Waals surface area contributed by atoms with Crippen LogP contribution in [0.4, 0.5) is 11.4 Å². The summed E-state index contributed by atoms with van der Waals surface area (Å²) in [6.07, 6.45) is 0. The molecule has 0 aliphatic carbocycles. The molecule has 0 spiro atoms. The van der Waals surface area contributed by atoms with E-state index in [4.69, 9.17) is 23.2 Å². The molecule has 90 valence electrons. The summed E-state index contributed by atoms with van der Waals surface area (Å²) in [5, 5.41) is 13.4. The van der Waals surface area contributed by atoms with E-state index in [1.807, 2.05) is 0 Å². The molecule has 0 aliphatic rings. The first-order valence-corrected chi connectivity index (χ1v) is 4.91. The van der Waals surface area contributed by atoms with Gasteiger partial charge in [0.1, 0.15) is 0 Å². The summed E-state index contributed by atoms with van der Waals surface area (Å²) in [4.78, 5) is 31.5. The number of nitrogens with zero attached hydrogens (tertiary/aromatic N) is 3. The molecule has 0 bridgehead atoms. The first-order chi connectivity index (χ1) is 7.88. The van der Waals surface area contributed by atoms with Crippen molar-refractivity contribution < 1.29 is 9.72 Å². The average Bonchev–Trinajstić information content (AvgIpc) is 2.22. The maximum absolute atomic E-state index is 11.1. The Morgan fingerprint density at radius 2 is 1.94 bits per heavy atom. The molecule has 0 unspecified atom stereocenters. The quantitative estimate of drug-likeness (QED) is 0.482. The van der Waals surface area contributed by atoms with Crippen molar-refractivity contribution >= 4 is 40.5 Å². The predicted octanol–water partition coefficient (Wildman–Crippen LogP) is 2.94. The third-order valence-corrected chi connectivity index (χ3v) is 2.54. The molecule has 0 fully saturated rings. The van der Waals surface area contributed by atoms with Crippen LogP contribution in [-0.2, 0) is 4.79 Å². The van der Waals surface area contributed by atoms with Gasteiger partial charge in [0.2, 0.25) is 5.91 Å². The van der Waals surface area contributed by atoms with Crippen LogP contribution in [0.15, 0.2) is 17.4 Å². The highest BCUT2D eigenvalue weighted by atomic mass is 35.5. The molecular formula is C8H5Cl2N3O4. The van der Waals surface area contributed by atoms with Gasteiger partial charge in [-0.05, 0) is 6.07 Å². The van der Waals surface area contributed by atoms with Gasteiger partial charge in [0.25, 0.3) is 5.69 Å². The smallest absolute Gasteiger partial charge is 0.273 e. The summed E-state index contributed by atoms with van der Waals surface area (Å²) in [7, 11) is 0. The zero-order chi connectivity index (χ0) is 13.2. The third kappa shape index (κ3) is 2.69. The lowest BCUT2D eigenvalue weighted by atomic mass is 10.2. The summed E-state index contributed by atoms with van der Waals surface area (Å²) in [5.41, 5.74) is -0.860. The van der Waals surface area contributed by atoms with Gasteiger partial charge in [-0.2, -0.15) is 5.01 Å². The van der Waals surface area contributed by atoms with Crippen LogP contribution in [0.25, 0.3) is 0 Å². The van der Waals surface area contributed by atoms with Crippen LogP contribution < -0.4 is 5.01 Å². The lowest BCUT2D eigenvalue weighted by Gasteiger charge is -2.11. The summed E-state index contributed by atoms with van der Waals surface area (Å²) >= 11 is 11.3. The molecule has 0 aromatic heterocycles. The van der Waals surface area contributed by atoms with Crippen molar-refractivity contribution in [2.45, 2.75) is 6.92 Å². The topological polar surface area (TPSA) is 92.9 Å². The van der Waals surface area contributed by atoms with Gasteiger partial charge in [-0.15, -0.1) is 4.91 Å².